The van der Waals surface area contributed by atoms with Crippen molar-refractivity contribution in [1.82, 2.24) is 20.5 Å². The molecule has 0 radical (unpaired) electrons. The van der Waals surface area contributed by atoms with Crippen molar-refractivity contribution >= 4 is 28.8 Å². The van der Waals surface area contributed by atoms with Crippen LogP contribution in [0.25, 0.3) is 0 Å². The summed E-state index contributed by atoms with van der Waals surface area (Å²) in [6.07, 6.45) is 1.67. The van der Waals surface area contributed by atoms with E-state index in [4.69, 9.17) is 11.6 Å². The molecular formula is C9H7ClN4OS. The van der Waals surface area contributed by atoms with Gasteiger partial charge in [-0.1, -0.05) is 17.4 Å². The van der Waals surface area contributed by atoms with Gasteiger partial charge in [0, 0.05) is 6.20 Å². The molecule has 0 bridgehead atoms. The second-order valence-corrected chi connectivity index (χ2v) is 4.42. The molecule has 0 unspecified atom stereocenters. The average Bonchev–Trinajstić information content (AvgIpc) is 2.74. The summed E-state index contributed by atoms with van der Waals surface area (Å²) in [7, 11) is 0. The monoisotopic (exact) mass is 254 g/mol. The van der Waals surface area contributed by atoms with Crippen LogP contribution in [0.15, 0.2) is 24.4 Å². The maximum absolute atomic E-state index is 11.5. The smallest absolute Gasteiger partial charge is 0.282 e. The molecular weight excluding hydrogens is 248 g/mol. The maximum atomic E-state index is 11.5. The van der Waals surface area contributed by atoms with Crippen LogP contribution >= 0.6 is 22.9 Å². The van der Waals surface area contributed by atoms with E-state index in [9.17, 15) is 4.79 Å². The molecule has 0 aliphatic heterocycles. The highest BCUT2D eigenvalue weighted by molar-refractivity contribution is 7.17. The summed E-state index contributed by atoms with van der Waals surface area (Å²) in [5, 5.41) is 10.1. The van der Waals surface area contributed by atoms with Gasteiger partial charge in [0.25, 0.3) is 5.91 Å². The third-order valence-electron chi connectivity index (χ3n) is 1.75. The summed E-state index contributed by atoms with van der Waals surface area (Å²) in [5.41, 5.74) is 0.784. The molecule has 5 nitrogen and oxygen atoms in total. The van der Waals surface area contributed by atoms with Crippen LogP contribution in [0.1, 0.15) is 15.5 Å². The van der Waals surface area contributed by atoms with Gasteiger partial charge >= 0.3 is 0 Å². The summed E-state index contributed by atoms with van der Waals surface area (Å²) in [6.45, 7) is 0.358. The molecule has 2 aromatic rings. The SMILES string of the molecule is O=C(NCc1ccccn1)c1nnc(Cl)s1. The molecule has 82 valence electrons. The number of pyridine rings is 1. The molecule has 7 heteroatoms. The van der Waals surface area contributed by atoms with E-state index in [2.05, 4.69) is 20.5 Å². The molecule has 16 heavy (non-hydrogen) atoms. The van der Waals surface area contributed by atoms with E-state index in [0.29, 0.717) is 6.54 Å². The molecule has 1 amide bonds. The Morgan fingerprint density at radius 2 is 2.31 bits per heavy atom. The van der Waals surface area contributed by atoms with Gasteiger partial charge in [0.1, 0.15) is 0 Å². The Morgan fingerprint density at radius 1 is 1.44 bits per heavy atom. The Hall–Kier alpha value is -1.53. The van der Waals surface area contributed by atoms with Crippen molar-refractivity contribution in [3.05, 3.63) is 39.6 Å². The van der Waals surface area contributed by atoms with Crippen LogP contribution in [-0.4, -0.2) is 21.1 Å². The summed E-state index contributed by atoms with van der Waals surface area (Å²) < 4.78 is 0.253. The minimum Gasteiger partial charge on any atom is -0.344 e. The summed E-state index contributed by atoms with van der Waals surface area (Å²) in [5.74, 6) is -0.296. The zero-order valence-electron chi connectivity index (χ0n) is 8.05. The fourth-order valence-electron chi connectivity index (χ4n) is 1.05. The Kier molecular flexibility index (Phi) is 3.43. The number of carbonyl (C=O) groups excluding carboxylic acids is 1. The van der Waals surface area contributed by atoms with Gasteiger partial charge in [-0.15, -0.1) is 10.2 Å². The third-order valence-corrected chi connectivity index (χ3v) is 2.77. The van der Waals surface area contributed by atoms with Crippen LogP contribution in [0, 0.1) is 0 Å². The molecule has 0 aromatic carbocycles. The Labute approximate surface area is 101 Å². The van der Waals surface area contributed by atoms with Crippen LogP contribution in [0.5, 0.6) is 0 Å². The summed E-state index contributed by atoms with van der Waals surface area (Å²) in [6, 6.07) is 5.50. The lowest BCUT2D eigenvalue weighted by molar-refractivity contribution is 0.0949. The van der Waals surface area contributed by atoms with E-state index in [1.54, 1.807) is 6.20 Å². The minimum atomic E-state index is -0.296. The van der Waals surface area contributed by atoms with Gasteiger partial charge in [0.05, 0.1) is 12.2 Å². The summed E-state index contributed by atoms with van der Waals surface area (Å²) >= 11 is 6.62. The Bertz CT molecular complexity index is 487. The van der Waals surface area contributed by atoms with E-state index in [1.165, 1.54) is 0 Å². The molecule has 2 heterocycles. The van der Waals surface area contributed by atoms with Crippen molar-refractivity contribution in [2.24, 2.45) is 0 Å². The highest BCUT2D eigenvalue weighted by Crippen LogP contribution is 2.14. The van der Waals surface area contributed by atoms with Gasteiger partial charge in [-0.2, -0.15) is 0 Å². The quantitative estimate of drug-likeness (QED) is 0.902. The van der Waals surface area contributed by atoms with E-state index in [-0.39, 0.29) is 15.4 Å². The zero-order chi connectivity index (χ0) is 11.4. The maximum Gasteiger partial charge on any atom is 0.282 e. The van der Waals surface area contributed by atoms with E-state index in [0.717, 1.165) is 17.0 Å². The van der Waals surface area contributed by atoms with Crippen molar-refractivity contribution in [2.45, 2.75) is 6.54 Å². The van der Waals surface area contributed by atoms with Crippen molar-refractivity contribution in [2.75, 3.05) is 0 Å². The second kappa shape index (κ2) is 5.00. The number of rotatable bonds is 3. The van der Waals surface area contributed by atoms with E-state index < -0.39 is 0 Å². The first-order chi connectivity index (χ1) is 7.75. The number of carbonyl (C=O) groups is 1. The van der Waals surface area contributed by atoms with Crippen molar-refractivity contribution in [1.29, 1.82) is 0 Å². The lowest BCUT2D eigenvalue weighted by Gasteiger charge is -2.00. The number of nitrogens with zero attached hydrogens (tertiary/aromatic N) is 3. The molecule has 0 fully saturated rings. The standard InChI is InChI=1S/C9H7ClN4OS/c10-9-14-13-8(16-9)7(15)12-5-6-3-1-2-4-11-6/h1-4H,5H2,(H,12,15). The lowest BCUT2D eigenvalue weighted by Crippen LogP contribution is -2.23. The lowest BCUT2D eigenvalue weighted by atomic mass is 10.3. The number of amides is 1. The van der Waals surface area contributed by atoms with Crippen molar-refractivity contribution in [3.8, 4) is 0 Å². The Morgan fingerprint density at radius 3 is 2.94 bits per heavy atom. The number of hydrogen-bond donors (Lipinski definition) is 1. The van der Waals surface area contributed by atoms with Crippen LogP contribution < -0.4 is 5.32 Å². The molecule has 0 atom stereocenters. The topological polar surface area (TPSA) is 67.8 Å². The highest BCUT2D eigenvalue weighted by atomic mass is 35.5. The molecule has 0 aliphatic carbocycles. The first-order valence-corrected chi connectivity index (χ1v) is 5.62. The predicted octanol–water partition coefficient (Wildman–Crippen LogP) is 1.52. The van der Waals surface area contributed by atoms with Crippen molar-refractivity contribution < 1.29 is 4.79 Å². The van der Waals surface area contributed by atoms with Gasteiger partial charge in [-0.25, -0.2) is 0 Å². The van der Waals surface area contributed by atoms with Crippen LogP contribution in [0.3, 0.4) is 0 Å². The Balaban J connectivity index is 1.94. The molecule has 2 rings (SSSR count). The van der Waals surface area contributed by atoms with Crippen molar-refractivity contribution in [3.63, 3.8) is 0 Å². The van der Waals surface area contributed by atoms with Gasteiger partial charge in [0.15, 0.2) is 0 Å². The van der Waals surface area contributed by atoms with Gasteiger partial charge in [-0.05, 0) is 23.7 Å². The van der Waals surface area contributed by atoms with E-state index >= 15 is 0 Å². The minimum absolute atomic E-state index is 0.251. The average molecular weight is 255 g/mol. The predicted molar refractivity (Wildman–Crippen MR) is 60.3 cm³/mol. The number of nitrogens with one attached hydrogen (secondary N) is 1. The fourth-order valence-corrected chi connectivity index (χ4v) is 1.79. The van der Waals surface area contributed by atoms with Gasteiger partial charge < -0.3 is 5.32 Å². The van der Waals surface area contributed by atoms with Gasteiger partial charge in [-0.3, -0.25) is 9.78 Å². The van der Waals surface area contributed by atoms with Crippen LogP contribution in [0.2, 0.25) is 4.47 Å². The number of hydrogen-bond acceptors (Lipinski definition) is 5. The highest BCUT2D eigenvalue weighted by Gasteiger charge is 2.11. The first kappa shape index (κ1) is 11.0. The largest absolute Gasteiger partial charge is 0.344 e. The van der Waals surface area contributed by atoms with Crippen LogP contribution in [0.4, 0.5) is 0 Å². The fraction of sp³-hybridized carbons (Fsp3) is 0.111. The zero-order valence-corrected chi connectivity index (χ0v) is 9.63. The van der Waals surface area contributed by atoms with Gasteiger partial charge in [0.2, 0.25) is 9.47 Å². The first-order valence-electron chi connectivity index (χ1n) is 4.43. The molecule has 0 saturated heterocycles. The summed E-state index contributed by atoms with van der Waals surface area (Å²) in [4.78, 5) is 15.6. The molecule has 1 N–H and O–H groups in total. The van der Waals surface area contributed by atoms with E-state index in [1.807, 2.05) is 18.2 Å². The molecule has 2 aromatic heterocycles. The normalized spacial score (nSPS) is 10.1. The molecule has 0 saturated carbocycles. The molecule has 0 spiro atoms. The molecule has 0 aliphatic rings. The number of halogens is 1. The third kappa shape index (κ3) is 2.74. The van der Waals surface area contributed by atoms with Crippen LogP contribution in [-0.2, 0) is 6.54 Å². The second-order valence-electron chi connectivity index (χ2n) is 2.86. The number of aromatic nitrogens is 3.